The Hall–Kier alpha value is -2.50. The molecule has 0 spiro atoms. The van der Waals surface area contributed by atoms with E-state index in [0.29, 0.717) is 11.3 Å². The molecule has 0 radical (unpaired) electrons. The molecule has 1 aromatic carbocycles. The molecule has 5 nitrogen and oxygen atoms in total. The summed E-state index contributed by atoms with van der Waals surface area (Å²) in [6.07, 6.45) is 1.63. The van der Waals surface area contributed by atoms with Crippen molar-refractivity contribution in [1.82, 2.24) is 14.9 Å². The smallest absolute Gasteiger partial charge is 0.256 e. The number of halogens is 1. The van der Waals surface area contributed by atoms with Crippen LogP contribution >= 0.6 is 0 Å². The summed E-state index contributed by atoms with van der Waals surface area (Å²) in [7, 11) is 3.11. The molecule has 104 valence electrons. The predicted molar refractivity (Wildman–Crippen MR) is 74.5 cm³/mol. The summed E-state index contributed by atoms with van der Waals surface area (Å²) < 4.78 is 21.3. The third-order valence-corrected chi connectivity index (χ3v) is 2.58. The molecule has 1 N–H and O–H groups in total. The van der Waals surface area contributed by atoms with E-state index in [0.717, 1.165) is 0 Å². The number of anilines is 2. The monoisotopic (exact) mass is 275 g/mol. The number of amides is 1. The summed E-state index contributed by atoms with van der Waals surface area (Å²) in [6, 6.07) is 4.08. The summed E-state index contributed by atoms with van der Waals surface area (Å²) in [5.74, 6) is -0.798. The number of aromatic nitrogens is 2. The van der Waals surface area contributed by atoms with Crippen LogP contribution in [-0.2, 0) is 0 Å². The quantitative estimate of drug-likeness (QED) is 0.934. The number of hydrogen-bond donors (Lipinski definition) is 1. The van der Waals surface area contributed by atoms with Crippen molar-refractivity contribution in [3.8, 4) is 0 Å². The van der Waals surface area contributed by atoms with Gasteiger partial charge in [0, 0.05) is 32.2 Å². The highest BCUT2D eigenvalue weighted by Crippen LogP contribution is 2.18. The van der Waals surface area contributed by atoms with Gasteiger partial charge < -0.3 is 10.2 Å². The van der Waals surface area contributed by atoms with Crippen LogP contribution in [0.4, 0.5) is 16.0 Å². The minimum atomic E-state index is -0.592. The number of aryl methyl sites for hydroxylation is 1. The molecule has 1 amide bonds. The Morgan fingerprint density at radius 2 is 2.15 bits per heavy atom. The van der Waals surface area contributed by atoms with E-state index >= 15 is 0 Å². The maximum Gasteiger partial charge on any atom is 0.256 e. The Labute approximate surface area is 117 Å². The molecule has 0 saturated heterocycles. The van der Waals surface area contributed by atoms with Gasteiger partial charge in [0.05, 0.1) is 6.93 Å². The van der Waals surface area contributed by atoms with Gasteiger partial charge in [0.25, 0.3) is 5.91 Å². The summed E-state index contributed by atoms with van der Waals surface area (Å²) in [6.45, 7) is 1.73. The highest BCUT2D eigenvalue weighted by atomic mass is 19.1. The maximum absolute atomic E-state index is 13.7. The van der Waals surface area contributed by atoms with Crippen molar-refractivity contribution in [2.24, 2.45) is 0 Å². The number of carbonyl (C=O) groups is 1. The first-order valence-corrected chi connectivity index (χ1v) is 5.97. The van der Waals surface area contributed by atoms with Gasteiger partial charge in [0.1, 0.15) is 5.82 Å². The fourth-order valence-electron chi connectivity index (χ4n) is 1.55. The van der Waals surface area contributed by atoms with Crippen molar-refractivity contribution in [2.75, 3.05) is 19.4 Å². The largest absolute Gasteiger partial charge is 0.345 e. The van der Waals surface area contributed by atoms with Gasteiger partial charge in [-0.25, -0.2) is 14.4 Å². The van der Waals surface area contributed by atoms with E-state index in [9.17, 15) is 9.18 Å². The van der Waals surface area contributed by atoms with E-state index in [2.05, 4.69) is 15.3 Å². The average Bonchev–Trinajstić information content (AvgIpc) is 2.44. The van der Waals surface area contributed by atoms with E-state index in [1.165, 1.54) is 29.3 Å². The van der Waals surface area contributed by atoms with Crippen LogP contribution in [0.25, 0.3) is 0 Å². The van der Waals surface area contributed by atoms with E-state index in [1.54, 1.807) is 21.0 Å². The van der Waals surface area contributed by atoms with Crippen LogP contribution in [0, 0.1) is 12.7 Å². The van der Waals surface area contributed by atoms with Crippen molar-refractivity contribution in [1.29, 1.82) is 0 Å². The van der Waals surface area contributed by atoms with Crippen molar-refractivity contribution in [2.45, 2.75) is 6.92 Å². The fourth-order valence-corrected chi connectivity index (χ4v) is 1.55. The van der Waals surface area contributed by atoms with Crippen LogP contribution in [0.3, 0.4) is 0 Å². The van der Waals surface area contributed by atoms with Crippen LogP contribution in [0.2, 0.25) is 0 Å². The molecule has 1 aromatic heterocycles. The van der Waals surface area contributed by atoms with Gasteiger partial charge in [-0.3, -0.25) is 4.79 Å². The predicted octanol–water partition coefficient (Wildman–Crippen LogP) is 2.37. The summed E-state index contributed by atoms with van der Waals surface area (Å²) in [4.78, 5) is 21.2. The number of nitrogens with zero attached hydrogens (tertiary/aromatic N) is 3. The number of nitrogens with one attached hydrogen (secondary N) is 1. The van der Waals surface area contributed by atoms with Crippen molar-refractivity contribution in [3.05, 3.63) is 47.5 Å². The topological polar surface area (TPSA) is 58.1 Å². The summed E-state index contributed by atoms with van der Waals surface area (Å²) >= 11 is 0. The third-order valence-electron chi connectivity index (χ3n) is 2.58. The first-order valence-electron chi connectivity index (χ1n) is 6.47. The summed E-state index contributed by atoms with van der Waals surface area (Å²) in [5, 5.41) is 2.85. The molecular weight excluding hydrogens is 259 g/mol. The SMILES string of the molecule is [2H]c1nc(Nc2ccc(F)c(C(=O)N(C)C)c2)ncc1C. The zero-order valence-corrected chi connectivity index (χ0v) is 11.4. The van der Waals surface area contributed by atoms with Crippen LogP contribution in [0.15, 0.2) is 30.6 Å². The average molecular weight is 275 g/mol. The van der Waals surface area contributed by atoms with Gasteiger partial charge in [-0.15, -0.1) is 0 Å². The molecule has 0 aliphatic carbocycles. The van der Waals surface area contributed by atoms with E-state index in [4.69, 9.17) is 1.37 Å². The number of hydrogen-bond acceptors (Lipinski definition) is 4. The third kappa shape index (κ3) is 3.09. The first-order chi connectivity index (χ1) is 9.88. The second-order valence-corrected chi connectivity index (χ2v) is 4.51. The second-order valence-electron chi connectivity index (χ2n) is 4.51. The molecule has 0 aliphatic heterocycles. The zero-order chi connectivity index (χ0) is 15.6. The molecule has 20 heavy (non-hydrogen) atoms. The molecule has 0 atom stereocenters. The van der Waals surface area contributed by atoms with Crippen molar-refractivity contribution < 1.29 is 10.6 Å². The lowest BCUT2D eigenvalue weighted by Gasteiger charge is -2.12. The lowest BCUT2D eigenvalue weighted by atomic mass is 10.1. The Morgan fingerprint density at radius 1 is 1.40 bits per heavy atom. The van der Waals surface area contributed by atoms with Gasteiger partial charge in [-0.2, -0.15) is 0 Å². The molecule has 2 rings (SSSR count). The number of carbonyl (C=O) groups excluding carboxylic acids is 1. The molecule has 0 fully saturated rings. The van der Waals surface area contributed by atoms with Gasteiger partial charge in [0.15, 0.2) is 0 Å². The Bertz CT molecular complexity index is 691. The molecular formula is C14H15FN4O. The highest BCUT2D eigenvalue weighted by molar-refractivity contribution is 5.95. The van der Waals surface area contributed by atoms with Gasteiger partial charge >= 0.3 is 0 Å². The standard InChI is InChI=1S/C14H15FN4O/c1-9-7-16-14(17-8-9)18-10-4-5-12(15)11(6-10)13(20)19(2)3/h4-8H,1-3H3,(H,16,17,18)/i7D. The maximum atomic E-state index is 13.7. The van der Waals surface area contributed by atoms with Crippen molar-refractivity contribution >= 4 is 17.5 Å². The van der Waals surface area contributed by atoms with E-state index in [1.807, 2.05) is 0 Å². The highest BCUT2D eigenvalue weighted by Gasteiger charge is 2.14. The fraction of sp³-hybridized carbons (Fsp3) is 0.214. The molecule has 1 heterocycles. The first kappa shape index (κ1) is 12.5. The molecule has 0 bridgehead atoms. The Kier molecular flexibility index (Phi) is 3.54. The normalized spacial score (nSPS) is 10.9. The van der Waals surface area contributed by atoms with Gasteiger partial charge in [0.2, 0.25) is 5.95 Å². The van der Waals surface area contributed by atoms with E-state index < -0.39 is 11.7 Å². The number of rotatable bonds is 3. The molecule has 0 saturated carbocycles. The molecule has 2 aromatic rings. The van der Waals surface area contributed by atoms with Crippen LogP contribution < -0.4 is 5.32 Å². The van der Waals surface area contributed by atoms with Crippen LogP contribution in [0.5, 0.6) is 0 Å². The molecule has 6 heteroatoms. The van der Waals surface area contributed by atoms with Crippen LogP contribution in [-0.4, -0.2) is 34.9 Å². The Balaban J connectivity index is 2.30. The van der Waals surface area contributed by atoms with Crippen LogP contribution in [0.1, 0.15) is 17.3 Å². The van der Waals surface area contributed by atoms with Crippen molar-refractivity contribution in [3.63, 3.8) is 0 Å². The van der Waals surface area contributed by atoms with Gasteiger partial charge in [-0.05, 0) is 30.7 Å². The zero-order valence-electron chi connectivity index (χ0n) is 12.4. The lowest BCUT2D eigenvalue weighted by molar-refractivity contribution is 0.0823. The molecule has 0 aliphatic rings. The molecule has 0 unspecified atom stereocenters. The van der Waals surface area contributed by atoms with Gasteiger partial charge in [-0.1, -0.05) is 0 Å². The second kappa shape index (κ2) is 5.64. The van der Waals surface area contributed by atoms with E-state index in [-0.39, 0.29) is 17.7 Å². The Morgan fingerprint density at radius 3 is 2.80 bits per heavy atom. The minimum Gasteiger partial charge on any atom is -0.345 e. The number of benzene rings is 1. The summed E-state index contributed by atoms with van der Waals surface area (Å²) in [5.41, 5.74) is 1.09. The minimum absolute atomic E-state index is 0.0387. The lowest BCUT2D eigenvalue weighted by Crippen LogP contribution is -2.22.